The standard InChI is InChI=1S/C15H20BrN3O/c1-10(11-5-4-6-12(16)7-11)8-15(2)9-13(20)19(3)14(17)18-15/h4-7,10H,8-9H2,1-3H3,(H2,17,18)/t10?,15-/m1/s1. The third-order valence-corrected chi connectivity index (χ3v) is 4.29. The van der Waals surface area contributed by atoms with Gasteiger partial charge in [-0.25, -0.2) is 4.99 Å². The fraction of sp³-hybridized carbons (Fsp3) is 0.467. The van der Waals surface area contributed by atoms with Gasteiger partial charge in [0.15, 0.2) is 5.96 Å². The molecule has 0 aliphatic carbocycles. The molecule has 0 saturated heterocycles. The molecule has 0 saturated carbocycles. The summed E-state index contributed by atoms with van der Waals surface area (Å²) < 4.78 is 1.06. The smallest absolute Gasteiger partial charge is 0.231 e. The van der Waals surface area contributed by atoms with Crippen LogP contribution in [0.25, 0.3) is 0 Å². The molecule has 1 unspecified atom stereocenters. The Labute approximate surface area is 128 Å². The van der Waals surface area contributed by atoms with Crippen LogP contribution in [0.5, 0.6) is 0 Å². The lowest BCUT2D eigenvalue weighted by atomic mass is 9.83. The second-order valence-corrected chi connectivity index (χ2v) is 6.67. The Morgan fingerprint density at radius 3 is 2.85 bits per heavy atom. The number of amides is 1. The molecular weight excluding hydrogens is 318 g/mol. The summed E-state index contributed by atoms with van der Waals surface area (Å²) in [6, 6.07) is 8.24. The van der Waals surface area contributed by atoms with Gasteiger partial charge in [-0.3, -0.25) is 9.69 Å². The van der Waals surface area contributed by atoms with Crippen molar-refractivity contribution in [2.24, 2.45) is 10.7 Å². The number of benzene rings is 1. The third-order valence-electron chi connectivity index (χ3n) is 3.80. The Bertz CT molecular complexity index is 558. The number of nitrogens with two attached hydrogens (primary N) is 1. The summed E-state index contributed by atoms with van der Waals surface area (Å²) in [6.45, 7) is 4.15. The van der Waals surface area contributed by atoms with Gasteiger partial charge in [-0.05, 0) is 37.0 Å². The second-order valence-electron chi connectivity index (χ2n) is 5.76. The van der Waals surface area contributed by atoms with E-state index < -0.39 is 5.54 Å². The van der Waals surface area contributed by atoms with Crippen molar-refractivity contribution >= 4 is 27.8 Å². The lowest BCUT2D eigenvalue weighted by Gasteiger charge is -2.35. The summed E-state index contributed by atoms with van der Waals surface area (Å²) >= 11 is 3.49. The first-order chi connectivity index (χ1) is 9.31. The van der Waals surface area contributed by atoms with Crippen LogP contribution in [-0.2, 0) is 4.79 Å². The van der Waals surface area contributed by atoms with Gasteiger partial charge in [0.2, 0.25) is 5.91 Å². The highest BCUT2D eigenvalue weighted by Gasteiger charge is 2.35. The Balaban J connectivity index is 2.19. The van der Waals surface area contributed by atoms with Crippen LogP contribution in [0.3, 0.4) is 0 Å². The normalized spacial score (nSPS) is 24.5. The topological polar surface area (TPSA) is 58.7 Å². The number of halogens is 1. The van der Waals surface area contributed by atoms with Crippen molar-refractivity contribution in [3.63, 3.8) is 0 Å². The first kappa shape index (κ1) is 15.0. The number of hydrogen-bond acceptors (Lipinski definition) is 3. The minimum atomic E-state index is -0.421. The summed E-state index contributed by atoms with van der Waals surface area (Å²) in [6.07, 6.45) is 1.20. The molecule has 2 rings (SSSR count). The maximum atomic E-state index is 11.9. The molecule has 1 aromatic rings. The summed E-state index contributed by atoms with van der Waals surface area (Å²) in [7, 11) is 1.67. The lowest BCUT2D eigenvalue weighted by molar-refractivity contribution is -0.128. The minimum Gasteiger partial charge on any atom is -0.369 e. The highest BCUT2D eigenvalue weighted by atomic mass is 79.9. The van der Waals surface area contributed by atoms with E-state index in [1.807, 2.05) is 19.1 Å². The van der Waals surface area contributed by atoms with E-state index in [4.69, 9.17) is 5.73 Å². The summed E-state index contributed by atoms with van der Waals surface area (Å²) in [5.74, 6) is 0.650. The third kappa shape index (κ3) is 3.20. The zero-order valence-corrected chi connectivity index (χ0v) is 13.6. The number of aliphatic imine (C=N–C) groups is 1. The Morgan fingerprint density at radius 1 is 1.55 bits per heavy atom. The van der Waals surface area contributed by atoms with Crippen LogP contribution >= 0.6 is 15.9 Å². The average molecular weight is 338 g/mol. The van der Waals surface area contributed by atoms with E-state index in [1.165, 1.54) is 10.5 Å². The maximum Gasteiger partial charge on any atom is 0.231 e. The predicted octanol–water partition coefficient (Wildman–Crippen LogP) is 2.88. The molecule has 1 aliphatic heterocycles. The van der Waals surface area contributed by atoms with Crippen LogP contribution in [0, 0.1) is 0 Å². The molecule has 0 fully saturated rings. The number of carbonyl (C=O) groups excluding carboxylic acids is 1. The van der Waals surface area contributed by atoms with Gasteiger partial charge in [-0.1, -0.05) is 35.0 Å². The molecule has 0 aromatic heterocycles. The first-order valence-electron chi connectivity index (χ1n) is 6.68. The minimum absolute atomic E-state index is 0.0291. The van der Waals surface area contributed by atoms with E-state index in [1.54, 1.807) is 7.05 Å². The molecular formula is C15H20BrN3O. The molecule has 2 N–H and O–H groups in total. The number of rotatable bonds is 3. The number of guanidine groups is 1. The van der Waals surface area contributed by atoms with E-state index in [0.29, 0.717) is 18.3 Å². The van der Waals surface area contributed by atoms with E-state index in [-0.39, 0.29) is 5.91 Å². The number of hydrogen-bond donors (Lipinski definition) is 1. The molecule has 1 amide bonds. The van der Waals surface area contributed by atoms with Gasteiger partial charge in [0, 0.05) is 11.5 Å². The molecule has 1 aromatic carbocycles. The number of nitrogens with zero attached hydrogens (tertiary/aromatic N) is 2. The monoisotopic (exact) mass is 337 g/mol. The molecule has 0 radical (unpaired) electrons. The van der Waals surface area contributed by atoms with Gasteiger partial charge >= 0.3 is 0 Å². The van der Waals surface area contributed by atoms with Crippen molar-refractivity contribution in [3.8, 4) is 0 Å². The van der Waals surface area contributed by atoms with E-state index in [9.17, 15) is 4.79 Å². The van der Waals surface area contributed by atoms with Gasteiger partial charge in [0.25, 0.3) is 0 Å². The number of carbonyl (C=O) groups is 1. The fourth-order valence-corrected chi connectivity index (χ4v) is 3.09. The van der Waals surface area contributed by atoms with Crippen LogP contribution in [0.4, 0.5) is 0 Å². The van der Waals surface area contributed by atoms with E-state index >= 15 is 0 Å². The van der Waals surface area contributed by atoms with Crippen molar-refractivity contribution in [3.05, 3.63) is 34.3 Å². The van der Waals surface area contributed by atoms with Crippen LogP contribution < -0.4 is 5.73 Å². The molecule has 4 nitrogen and oxygen atoms in total. The zero-order valence-electron chi connectivity index (χ0n) is 12.1. The van der Waals surface area contributed by atoms with Crippen molar-refractivity contribution in [1.82, 2.24) is 4.90 Å². The lowest BCUT2D eigenvalue weighted by Crippen LogP contribution is -2.48. The first-order valence-corrected chi connectivity index (χ1v) is 7.47. The molecule has 5 heteroatoms. The van der Waals surface area contributed by atoms with E-state index in [0.717, 1.165) is 10.9 Å². The fourth-order valence-electron chi connectivity index (χ4n) is 2.67. The van der Waals surface area contributed by atoms with Crippen LogP contribution in [0.1, 0.15) is 38.2 Å². The quantitative estimate of drug-likeness (QED) is 0.921. The molecule has 20 heavy (non-hydrogen) atoms. The Hall–Kier alpha value is -1.36. The predicted molar refractivity (Wildman–Crippen MR) is 84.6 cm³/mol. The molecule has 108 valence electrons. The van der Waals surface area contributed by atoms with Crippen LogP contribution in [-0.4, -0.2) is 29.4 Å². The van der Waals surface area contributed by atoms with Gasteiger partial charge < -0.3 is 5.73 Å². The zero-order chi connectivity index (χ0) is 14.9. The maximum absolute atomic E-state index is 11.9. The Kier molecular flexibility index (Phi) is 4.18. The van der Waals surface area contributed by atoms with Crippen LogP contribution in [0.2, 0.25) is 0 Å². The largest absolute Gasteiger partial charge is 0.369 e. The van der Waals surface area contributed by atoms with Crippen molar-refractivity contribution in [2.75, 3.05) is 7.05 Å². The Morgan fingerprint density at radius 2 is 2.25 bits per heavy atom. The molecule has 2 atom stereocenters. The van der Waals surface area contributed by atoms with Gasteiger partial charge in [-0.2, -0.15) is 0 Å². The summed E-state index contributed by atoms with van der Waals surface area (Å²) in [5.41, 5.74) is 6.65. The van der Waals surface area contributed by atoms with Crippen molar-refractivity contribution in [1.29, 1.82) is 0 Å². The average Bonchev–Trinajstić information content (AvgIpc) is 2.35. The molecule has 1 aliphatic rings. The summed E-state index contributed by atoms with van der Waals surface area (Å²) in [4.78, 5) is 17.9. The van der Waals surface area contributed by atoms with Crippen molar-refractivity contribution < 1.29 is 4.79 Å². The highest BCUT2D eigenvalue weighted by molar-refractivity contribution is 9.10. The highest BCUT2D eigenvalue weighted by Crippen LogP contribution is 2.33. The van der Waals surface area contributed by atoms with E-state index in [2.05, 4.69) is 40.0 Å². The van der Waals surface area contributed by atoms with Gasteiger partial charge in [0.1, 0.15) is 0 Å². The van der Waals surface area contributed by atoms with Gasteiger partial charge in [-0.15, -0.1) is 0 Å². The molecule has 1 heterocycles. The summed E-state index contributed by atoms with van der Waals surface area (Å²) in [5, 5.41) is 0. The SMILES string of the molecule is CC(C[C@]1(C)CC(=O)N(C)C(N)=N1)c1cccc(Br)c1. The van der Waals surface area contributed by atoms with Crippen molar-refractivity contribution in [2.45, 2.75) is 38.1 Å². The van der Waals surface area contributed by atoms with Crippen LogP contribution in [0.15, 0.2) is 33.7 Å². The van der Waals surface area contributed by atoms with Gasteiger partial charge in [0.05, 0.1) is 12.0 Å². The molecule has 0 spiro atoms. The molecule has 0 bridgehead atoms. The second kappa shape index (κ2) is 5.56.